The molecule has 0 fully saturated rings. The molecule has 0 aliphatic heterocycles. The Morgan fingerprint density at radius 2 is 1.87 bits per heavy atom. The average Bonchev–Trinajstić information content (AvgIpc) is 3.10. The number of aryl methyl sites for hydroxylation is 1. The summed E-state index contributed by atoms with van der Waals surface area (Å²) in [7, 11) is 1.37. The lowest BCUT2D eigenvalue weighted by Gasteiger charge is -2.18. The van der Waals surface area contributed by atoms with E-state index in [4.69, 9.17) is 9.47 Å². The predicted octanol–water partition coefficient (Wildman–Crippen LogP) is 6.01. The monoisotopic (exact) mass is 435 g/mol. The molecule has 31 heavy (non-hydrogen) atoms. The number of fused-ring (bicyclic) bond motifs is 1. The van der Waals surface area contributed by atoms with Gasteiger partial charge in [-0.3, -0.25) is 4.79 Å². The SMILES string of the molecule is COC(=O)c1c(NC(=O)c2ccc(Oc3cccc(C)c3)cc2)sc2c1CCC(C)C2. The number of carbonyl (C=O) groups is 2. The normalized spacial score (nSPS) is 15.1. The van der Waals surface area contributed by atoms with Crippen molar-refractivity contribution in [3.05, 3.63) is 75.7 Å². The van der Waals surface area contributed by atoms with Crippen LogP contribution < -0.4 is 10.1 Å². The highest BCUT2D eigenvalue weighted by molar-refractivity contribution is 7.17. The van der Waals surface area contributed by atoms with Crippen molar-refractivity contribution in [2.75, 3.05) is 12.4 Å². The number of benzene rings is 2. The molecule has 1 atom stereocenters. The van der Waals surface area contributed by atoms with Crippen molar-refractivity contribution < 1.29 is 19.1 Å². The molecule has 6 heteroatoms. The maximum absolute atomic E-state index is 12.9. The van der Waals surface area contributed by atoms with Crippen LogP contribution in [-0.2, 0) is 17.6 Å². The molecule has 1 unspecified atom stereocenters. The first-order valence-electron chi connectivity index (χ1n) is 10.3. The molecule has 0 spiro atoms. The summed E-state index contributed by atoms with van der Waals surface area (Å²) in [6.07, 6.45) is 2.78. The van der Waals surface area contributed by atoms with Crippen LogP contribution in [0.2, 0.25) is 0 Å². The Balaban J connectivity index is 1.52. The summed E-state index contributed by atoms with van der Waals surface area (Å²) in [5.74, 6) is 1.31. The fourth-order valence-corrected chi connectivity index (χ4v) is 5.22. The molecule has 1 aromatic heterocycles. The first-order chi connectivity index (χ1) is 14.9. The highest BCUT2D eigenvalue weighted by Gasteiger charge is 2.29. The molecule has 1 N–H and O–H groups in total. The van der Waals surface area contributed by atoms with E-state index in [9.17, 15) is 9.59 Å². The number of hydrogen-bond donors (Lipinski definition) is 1. The Kier molecular flexibility index (Phi) is 6.09. The van der Waals surface area contributed by atoms with Crippen LogP contribution in [0.25, 0.3) is 0 Å². The smallest absolute Gasteiger partial charge is 0.341 e. The third-order valence-corrected chi connectivity index (χ3v) is 6.64. The van der Waals surface area contributed by atoms with Crippen molar-refractivity contribution in [1.29, 1.82) is 0 Å². The van der Waals surface area contributed by atoms with Gasteiger partial charge < -0.3 is 14.8 Å². The Morgan fingerprint density at radius 1 is 1.10 bits per heavy atom. The van der Waals surface area contributed by atoms with E-state index in [-0.39, 0.29) is 5.91 Å². The minimum Gasteiger partial charge on any atom is -0.465 e. The summed E-state index contributed by atoms with van der Waals surface area (Å²) in [6.45, 7) is 4.21. The number of anilines is 1. The number of methoxy groups -OCH3 is 1. The number of nitrogens with one attached hydrogen (secondary N) is 1. The van der Waals surface area contributed by atoms with Gasteiger partial charge in [-0.1, -0.05) is 19.1 Å². The molecule has 5 nitrogen and oxygen atoms in total. The number of thiophene rings is 1. The topological polar surface area (TPSA) is 64.6 Å². The largest absolute Gasteiger partial charge is 0.465 e. The molecule has 0 bridgehead atoms. The van der Waals surface area contributed by atoms with Gasteiger partial charge in [-0.15, -0.1) is 11.3 Å². The quantitative estimate of drug-likeness (QED) is 0.498. The number of amides is 1. The number of hydrogen-bond acceptors (Lipinski definition) is 5. The fraction of sp³-hybridized carbons (Fsp3) is 0.280. The fourth-order valence-electron chi connectivity index (χ4n) is 3.82. The minimum absolute atomic E-state index is 0.265. The first kappa shape index (κ1) is 21.1. The lowest BCUT2D eigenvalue weighted by Crippen LogP contribution is -2.16. The van der Waals surface area contributed by atoms with Gasteiger partial charge in [0.25, 0.3) is 5.91 Å². The molecular formula is C25H25NO4S. The van der Waals surface area contributed by atoms with Crippen LogP contribution in [-0.4, -0.2) is 19.0 Å². The van der Waals surface area contributed by atoms with Crippen LogP contribution in [0.3, 0.4) is 0 Å². The Morgan fingerprint density at radius 3 is 2.58 bits per heavy atom. The van der Waals surface area contributed by atoms with Gasteiger partial charge in [0, 0.05) is 10.4 Å². The second-order valence-corrected chi connectivity index (χ2v) is 9.05. The lowest BCUT2D eigenvalue weighted by atomic mass is 9.88. The van der Waals surface area contributed by atoms with E-state index in [1.54, 1.807) is 24.3 Å². The van der Waals surface area contributed by atoms with Crippen molar-refractivity contribution in [1.82, 2.24) is 0 Å². The molecule has 4 rings (SSSR count). The molecule has 160 valence electrons. The molecule has 1 heterocycles. The third-order valence-electron chi connectivity index (χ3n) is 5.47. The molecular weight excluding hydrogens is 410 g/mol. The van der Waals surface area contributed by atoms with E-state index in [0.29, 0.717) is 27.8 Å². The summed E-state index contributed by atoms with van der Waals surface area (Å²) in [4.78, 5) is 26.5. The van der Waals surface area contributed by atoms with Gasteiger partial charge in [0.1, 0.15) is 16.5 Å². The lowest BCUT2D eigenvalue weighted by molar-refractivity contribution is 0.0601. The van der Waals surface area contributed by atoms with Crippen molar-refractivity contribution in [3.8, 4) is 11.5 Å². The number of carbonyl (C=O) groups excluding carboxylic acids is 2. The molecule has 1 amide bonds. The van der Waals surface area contributed by atoms with E-state index >= 15 is 0 Å². The van der Waals surface area contributed by atoms with Crippen molar-refractivity contribution >= 4 is 28.2 Å². The summed E-state index contributed by atoms with van der Waals surface area (Å²) in [5.41, 5.74) is 3.13. The van der Waals surface area contributed by atoms with Crippen LogP contribution >= 0.6 is 11.3 Å². The number of ether oxygens (including phenoxy) is 2. The molecule has 1 aliphatic carbocycles. The maximum Gasteiger partial charge on any atom is 0.341 e. The minimum atomic E-state index is -0.399. The Bertz CT molecular complexity index is 1120. The van der Waals surface area contributed by atoms with Gasteiger partial charge >= 0.3 is 5.97 Å². The third kappa shape index (κ3) is 4.64. The summed E-state index contributed by atoms with van der Waals surface area (Å²) in [5, 5.41) is 3.49. The van der Waals surface area contributed by atoms with Crippen molar-refractivity contribution in [3.63, 3.8) is 0 Å². The van der Waals surface area contributed by atoms with Gasteiger partial charge in [0.2, 0.25) is 0 Å². The van der Waals surface area contributed by atoms with Gasteiger partial charge in [-0.05, 0) is 79.6 Å². The number of esters is 1. The van der Waals surface area contributed by atoms with Gasteiger partial charge in [0.15, 0.2) is 0 Å². The van der Waals surface area contributed by atoms with Crippen LogP contribution in [0.4, 0.5) is 5.00 Å². The van der Waals surface area contributed by atoms with Gasteiger partial charge in [-0.2, -0.15) is 0 Å². The zero-order valence-corrected chi connectivity index (χ0v) is 18.7. The van der Waals surface area contributed by atoms with Crippen molar-refractivity contribution in [2.24, 2.45) is 5.92 Å². The van der Waals surface area contributed by atoms with Crippen LogP contribution in [0.1, 0.15) is 50.1 Å². The van der Waals surface area contributed by atoms with E-state index in [0.717, 1.165) is 41.0 Å². The molecule has 0 radical (unpaired) electrons. The zero-order valence-electron chi connectivity index (χ0n) is 17.9. The highest BCUT2D eigenvalue weighted by Crippen LogP contribution is 2.40. The maximum atomic E-state index is 12.9. The summed E-state index contributed by atoms with van der Waals surface area (Å²) >= 11 is 1.48. The van der Waals surface area contributed by atoms with E-state index in [1.165, 1.54) is 18.4 Å². The zero-order chi connectivity index (χ0) is 22.0. The molecule has 2 aromatic carbocycles. The van der Waals surface area contributed by atoms with Gasteiger partial charge in [0.05, 0.1) is 12.7 Å². The summed E-state index contributed by atoms with van der Waals surface area (Å²) in [6, 6.07) is 14.7. The molecule has 3 aromatic rings. The number of rotatable bonds is 5. The van der Waals surface area contributed by atoms with Crippen LogP contribution in [0.5, 0.6) is 11.5 Å². The second kappa shape index (κ2) is 8.94. The second-order valence-electron chi connectivity index (χ2n) is 7.94. The summed E-state index contributed by atoms with van der Waals surface area (Å²) < 4.78 is 10.8. The van der Waals surface area contributed by atoms with Crippen LogP contribution in [0.15, 0.2) is 48.5 Å². The molecule has 1 aliphatic rings. The standard InChI is InChI=1S/C25H25NO4S/c1-15-5-4-6-19(13-15)30-18-10-8-17(9-11-18)23(27)26-24-22(25(28)29-3)20-12-7-16(2)14-21(20)31-24/h4-6,8-11,13,16H,7,12,14H2,1-3H3,(H,26,27). The van der Waals surface area contributed by atoms with E-state index in [2.05, 4.69) is 12.2 Å². The van der Waals surface area contributed by atoms with Crippen molar-refractivity contribution in [2.45, 2.75) is 33.1 Å². The van der Waals surface area contributed by atoms with E-state index in [1.807, 2.05) is 31.2 Å². The Hall–Kier alpha value is -3.12. The molecule has 0 saturated carbocycles. The Labute approximate surface area is 186 Å². The first-order valence-corrected chi connectivity index (χ1v) is 11.1. The van der Waals surface area contributed by atoms with Crippen LogP contribution in [0, 0.1) is 12.8 Å². The highest BCUT2D eigenvalue weighted by atomic mass is 32.1. The van der Waals surface area contributed by atoms with E-state index < -0.39 is 5.97 Å². The van der Waals surface area contributed by atoms with Gasteiger partial charge in [-0.25, -0.2) is 4.79 Å². The molecule has 0 saturated heterocycles. The average molecular weight is 436 g/mol. The predicted molar refractivity (Wildman–Crippen MR) is 122 cm³/mol.